The predicted molar refractivity (Wildman–Crippen MR) is 49.5 cm³/mol. The highest BCUT2D eigenvalue weighted by molar-refractivity contribution is 6.31. The molecule has 0 aromatic heterocycles. The van der Waals surface area contributed by atoms with E-state index in [1.807, 2.05) is 13.0 Å². The van der Waals surface area contributed by atoms with E-state index < -0.39 is 0 Å². The lowest BCUT2D eigenvalue weighted by molar-refractivity contribution is 0.241. The highest BCUT2D eigenvalue weighted by Gasteiger charge is 1.96. The van der Waals surface area contributed by atoms with Gasteiger partial charge in [-0.2, -0.15) is 5.26 Å². The SMILES string of the molecule is C=C(Cl)/C(=C\C=C\C#N)OCC. The molecule has 12 heavy (non-hydrogen) atoms. The van der Waals surface area contributed by atoms with Gasteiger partial charge in [0.05, 0.1) is 17.7 Å². The van der Waals surface area contributed by atoms with Crippen LogP contribution in [0.5, 0.6) is 0 Å². The fourth-order valence-corrected chi connectivity index (χ4v) is 0.668. The summed E-state index contributed by atoms with van der Waals surface area (Å²) in [4.78, 5) is 0. The fraction of sp³-hybridized carbons (Fsp3) is 0.222. The molecule has 2 nitrogen and oxygen atoms in total. The molecule has 0 aliphatic carbocycles. The Kier molecular flexibility index (Phi) is 5.86. The van der Waals surface area contributed by atoms with Gasteiger partial charge >= 0.3 is 0 Å². The van der Waals surface area contributed by atoms with Crippen molar-refractivity contribution in [2.75, 3.05) is 6.61 Å². The molecular weight excluding hydrogens is 174 g/mol. The molecular formula is C9H10ClNO. The van der Waals surface area contributed by atoms with Crippen LogP contribution in [0.25, 0.3) is 0 Å². The predicted octanol–water partition coefficient (Wildman–Crippen LogP) is 2.74. The molecule has 0 aliphatic heterocycles. The van der Waals surface area contributed by atoms with E-state index in [4.69, 9.17) is 21.6 Å². The maximum atomic E-state index is 8.19. The summed E-state index contributed by atoms with van der Waals surface area (Å²) in [5.74, 6) is 0.491. The first-order valence-electron chi connectivity index (χ1n) is 3.46. The quantitative estimate of drug-likeness (QED) is 0.382. The second kappa shape index (κ2) is 6.51. The highest BCUT2D eigenvalue weighted by Crippen LogP contribution is 2.13. The van der Waals surface area contributed by atoms with Crippen LogP contribution >= 0.6 is 11.6 Å². The molecule has 0 spiro atoms. The Morgan fingerprint density at radius 3 is 2.83 bits per heavy atom. The molecule has 0 atom stereocenters. The number of halogens is 1. The molecule has 0 radical (unpaired) electrons. The average Bonchev–Trinajstić information content (AvgIpc) is 2.03. The van der Waals surface area contributed by atoms with Crippen LogP contribution in [0.4, 0.5) is 0 Å². The standard InChI is InChI=1S/C9H10ClNO/c1-3-12-9(8(2)10)6-4-5-7-11/h4-6H,2-3H2,1H3/b5-4+,9-6+. The summed E-state index contributed by atoms with van der Waals surface area (Å²) in [5.41, 5.74) is 0. The van der Waals surface area contributed by atoms with Gasteiger partial charge in [0.1, 0.15) is 5.76 Å². The Labute approximate surface area is 77.4 Å². The number of nitriles is 1. The largest absolute Gasteiger partial charge is 0.492 e. The molecule has 0 bridgehead atoms. The van der Waals surface area contributed by atoms with Gasteiger partial charge in [0, 0.05) is 6.08 Å². The van der Waals surface area contributed by atoms with Crippen molar-refractivity contribution in [2.45, 2.75) is 6.92 Å². The second-order valence-corrected chi connectivity index (χ2v) is 2.31. The summed E-state index contributed by atoms with van der Waals surface area (Å²) in [5, 5.41) is 8.52. The van der Waals surface area contributed by atoms with Gasteiger partial charge in [0.15, 0.2) is 0 Å². The Morgan fingerprint density at radius 1 is 1.75 bits per heavy atom. The summed E-state index contributed by atoms with van der Waals surface area (Å²) in [6.07, 6.45) is 4.49. The normalized spacial score (nSPS) is 11.2. The Bertz CT molecular complexity index is 248. The average molecular weight is 184 g/mol. The first-order chi connectivity index (χ1) is 5.72. The zero-order chi connectivity index (χ0) is 9.40. The molecule has 0 fully saturated rings. The van der Waals surface area contributed by atoms with E-state index in [0.717, 1.165) is 0 Å². The molecule has 0 rings (SSSR count). The first-order valence-corrected chi connectivity index (χ1v) is 3.84. The minimum atomic E-state index is 0.333. The summed E-state index contributed by atoms with van der Waals surface area (Å²) >= 11 is 5.60. The lowest BCUT2D eigenvalue weighted by Gasteiger charge is -2.04. The van der Waals surface area contributed by atoms with Crippen molar-refractivity contribution in [3.05, 3.63) is 35.6 Å². The van der Waals surface area contributed by atoms with E-state index in [1.165, 1.54) is 6.08 Å². The molecule has 0 heterocycles. The van der Waals surface area contributed by atoms with Crippen molar-refractivity contribution < 1.29 is 4.74 Å². The summed E-state index contributed by atoms with van der Waals surface area (Å²) < 4.78 is 5.12. The lowest BCUT2D eigenvalue weighted by Crippen LogP contribution is -1.89. The van der Waals surface area contributed by atoms with E-state index >= 15 is 0 Å². The summed E-state index contributed by atoms with van der Waals surface area (Å²) in [6.45, 7) is 5.88. The van der Waals surface area contributed by atoms with Crippen LogP contribution < -0.4 is 0 Å². The monoisotopic (exact) mass is 183 g/mol. The number of nitrogens with zero attached hydrogens (tertiary/aromatic N) is 1. The van der Waals surface area contributed by atoms with Gasteiger partial charge in [-0.05, 0) is 19.1 Å². The minimum Gasteiger partial charge on any atom is -0.492 e. The lowest BCUT2D eigenvalue weighted by atomic mass is 10.4. The van der Waals surface area contributed by atoms with Gasteiger partial charge in [-0.1, -0.05) is 18.2 Å². The molecule has 0 unspecified atom stereocenters. The maximum Gasteiger partial charge on any atom is 0.137 e. The number of ether oxygens (including phenoxy) is 1. The molecule has 0 aliphatic rings. The molecule has 0 aromatic rings. The van der Waals surface area contributed by atoms with Crippen LogP contribution in [-0.4, -0.2) is 6.61 Å². The molecule has 0 saturated carbocycles. The van der Waals surface area contributed by atoms with Crippen molar-refractivity contribution in [1.29, 1.82) is 5.26 Å². The van der Waals surface area contributed by atoms with Crippen LogP contribution in [0.1, 0.15) is 6.92 Å². The summed E-state index contributed by atoms with van der Waals surface area (Å²) in [6, 6.07) is 1.85. The van der Waals surface area contributed by atoms with Gasteiger partial charge in [0.2, 0.25) is 0 Å². The summed E-state index contributed by atoms with van der Waals surface area (Å²) in [7, 11) is 0. The molecule has 0 aromatic carbocycles. The van der Waals surface area contributed by atoms with E-state index in [0.29, 0.717) is 17.4 Å². The Hall–Kier alpha value is -1.20. The van der Waals surface area contributed by atoms with Crippen LogP contribution in [0.2, 0.25) is 0 Å². The van der Waals surface area contributed by atoms with E-state index in [9.17, 15) is 0 Å². The van der Waals surface area contributed by atoms with Gasteiger partial charge in [-0.15, -0.1) is 0 Å². The molecule has 64 valence electrons. The smallest absolute Gasteiger partial charge is 0.137 e. The zero-order valence-corrected chi connectivity index (χ0v) is 7.64. The van der Waals surface area contributed by atoms with Crippen molar-refractivity contribution in [1.82, 2.24) is 0 Å². The van der Waals surface area contributed by atoms with Gasteiger partial charge in [-0.3, -0.25) is 0 Å². The highest BCUT2D eigenvalue weighted by atomic mass is 35.5. The third-order valence-corrected chi connectivity index (χ3v) is 1.17. The van der Waals surface area contributed by atoms with Crippen LogP contribution in [0, 0.1) is 11.3 Å². The van der Waals surface area contributed by atoms with Gasteiger partial charge < -0.3 is 4.74 Å². The van der Waals surface area contributed by atoms with Crippen LogP contribution in [0.15, 0.2) is 35.6 Å². The van der Waals surface area contributed by atoms with Crippen LogP contribution in [0.3, 0.4) is 0 Å². The Balaban J connectivity index is 4.30. The van der Waals surface area contributed by atoms with Crippen molar-refractivity contribution in [2.24, 2.45) is 0 Å². The van der Waals surface area contributed by atoms with Crippen LogP contribution in [-0.2, 0) is 4.74 Å². The van der Waals surface area contributed by atoms with Crippen molar-refractivity contribution in [3.63, 3.8) is 0 Å². The third kappa shape index (κ3) is 4.59. The Morgan fingerprint density at radius 2 is 2.42 bits per heavy atom. The minimum absolute atomic E-state index is 0.333. The number of hydrogen-bond acceptors (Lipinski definition) is 2. The van der Waals surface area contributed by atoms with Crippen molar-refractivity contribution in [3.8, 4) is 6.07 Å². The molecule has 3 heteroatoms. The topological polar surface area (TPSA) is 33.0 Å². The van der Waals surface area contributed by atoms with E-state index in [1.54, 1.807) is 12.2 Å². The molecule has 0 amide bonds. The number of allylic oxidation sites excluding steroid dienone is 4. The van der Waals surface area contributed by atoms with E-state index in [2.05, 4.69) is 6.58 Å². The zero-order valence-electron chi connectivity index (χ0n) is 6.88. The number of hydrogen-bond donors (Lipinski definition) is 0. The maximum absolute atomic E-state index is 8.19. The molecule has 0 N–H and O–H groups in total. The van der Waals surface area contributed by atoms with Crippen molar-refractivity contribution >= 4 is 11.6 Å². The third-order valence-electron chi connectivity index (χ3n) is 0.986. The number of rotatable bonds is 4. The van der Waals surface area contributed by atoms with Gasteiger partial charge in [-0.25, -0.2) is 0 Å². The fourth-order valence-electron chi connectivity index (χ4n) is 0.551. The second-order valence-electron chi connectivity index (χ2n) is 1.86. The van der Waals surface area contributed by atoms with Gasteiger partial charge in [0.25, 0.3) is 0 Å². The molecule has 0 saturated heterocycles. The van der Waals surface area contributed by atoms with E-state index in [-0.39, 0.29) is 0 Å². The first kappa shape index (κ1) is 10.8.